The Hall–Kier alpha value is -2.93. The molecule has 0 unspecified atom stereocenters. The summed E-state index contributed by atoms with van der Waals surface area (Å²) in [5.74, 6) is 0.0370. The summed E-state index contributed by atoms with van der Waals surface area (Å²) in [6.07, 6.45) is 2.39. The van der Waals surface area contributed by atoms with E-state index < -0.39 is 5.82 Å². The van der Waals surface area contributed by atoms with Crippen molar-refractivity contribution in [2.75, 3.05) is 11.5 Å². The minimum Gasteiger partial charge on any atom is -0.396 e. The van der Waals surface area contributed by atoms with Crippen molar-refractivity contribution in [3.8, 4) is 11.1 Å². The lowest BCUT2D eigenvalue weighted by Gasteiger charge is -2.15. The molecule has 0 fully saturated rings. The van der Waals surface area contributed by atoms with Crippen molar-refractivity contribution in [1.29, 1.82) is 0 Å². The number of pyridine rings is 1. The molecule has 31 heavy (non-hydrogen) atoms. The highest BCUT2D eigenvalue weighted by molar-refractivity contribution is 7.80. The highest BCUT2D eigenvalue weighted by Gasteiger charge is 2.26. The van der Waals surface area contributed by atoms with Crippen LogP contribution in [0.5, 0.6) is 0 Å². The molecular formula is C24H25F2N3OS. The number of anilines is 1. The number of hydrogen-bond acceptors (Lipinski definition) is 4. The average Bonchev–Trinajstić information content (AvgIpc) is 2.85. The molecule has 2 aromatic carbocycles. The van der Waals surface area contributed by atoms with Gasteiger partial charge in [0.25, 0.3) is 5.56 Å². The van der Waals surface area contributed by atoms with E-state index >= 15 is 0 Å². The van der Waals surface area contributed by atoms with Crippen LogP contribution in [0.2, 0.25) is 0 Å². The summed E-state index contributed by atoms with van der Waals surface area (Å²) in [6.45, 7) is 3.96. The maximum atomic E-state index is 14.4. The lowest BCUT2D eigenvalue weighted by molar-refractivity contribution is 0.627. The molecule has 0 saturated heterocycles. The average molecular weight is 442 g/mol. The minimum atomic E-state index is -0.546. The molecule has 3 aromatic rings. The molecule has 7 heteroatoms. The number of nitrogens with two attached hydrogens (primary N) is 1. The predicted octanol–water partition coefficient (Wildman–Crippen LogP) is 5.15. The molecule has 0 saturated carbocycles. The molecule has 0 spiro atoms. The summed E-state index contributed by atoms with van der Waals surface area (Å²) < 4.78 is 29.3. The van der Waals surface area contributed by atoms with Crippen molar-refractivity contribution >= 4 is 24.0 Å². The number of fused-ring (bicyclic) bond motifs is 3. The van der Waals surface area contributed by atoms with Crippen molar-refractivity contribution in [3.05, 3.63) is 87.3 Å². The highest BCUT2D eigenvalue weighted by Crippen LogP contribution is 2.39. The van der Waals surface area contributed by atoms with Gasteiger partial charge in [0.05, 0.1) is 17.4 Å². The molecule has 1 aliphatic rings. The molecule has 0 amide bonds. The van der Waals surface area contributed by atoms with Crippen LogP contribution in [0.3, 0.4) is 0 Å². The summed E-state index contributed by atoms with van der Waals surface area (Å²) in [7, 11) is 1.67. The van der Waals surface area contributed by atoms with Gasteiger partial charge in [0.1, 0.15) is 11.6 Å². The monoisotopic (exact) mass is 441 g/mol. The number of nitrogens with zero attached hydrogens (tertiary/aromatic N) is 2. The standard InChI is InChI=1S/C22H19F2N3O.C2H6S/c1-3-20-15-10-21(28)27(2)11-17(15)14-9-19(25)18(24)8-16(14)22(26-20)12-4-6-13(23)7-5-12;1-2-3/h4-11,20H,3,25H2,1-2H3;3H,2H2,1H3/t20-;/m0./s1. The fraction of sp³-hybridized carbons (Fsp3) is 0.250. The second-order valence-electron chi connectivity index (χ2n) is 7.24. The Balaban J connectivity index is 0.000000858. The second kappa shape index (κ2) is 9.47. The number of thiol groups is 1. The van der Waals surface area contributed by atoms with E-state index in [1.54, 1.807) is 37.5 Å². The molecule has 1 aromatic heterocycles. The Bertz CT molecular complexity index is 1190. The number of aromatic nitrogens is 1. The molecule has 4 nitrogen and oxygen atoms in total. The van der Waals surface area contributed by atoms with Gasteiger partial charge in [-0.15, -0.1) is 0 Å². The van der Waals surface area contributed by atoms with Gasteiger partial charge in [-0.2, -0.15) is 12.6 Å². The molecule has 1 atom stereocenters. The Morgan fingerprint density at radius 1 is 1.06 bits per heavy atom. The van der Waals surface area contributed by atoms with E-state index in [0.717, 1.165) is 16.9 Å². The van der Waals surface area contributed by atoms with Gasteiger partial charge in [0.15, 0.2) is 0 Å². The molecule has 162 valence electrons. The first-order valence-corrected chi connectivity index (χ1v) is 10.7. The molecule has 1 aliphatic heterocycles. The van der Waals surface area contributed by atoms with Crippen molar-refractivity contribution < 1.29 is 8.78 Å². The van der Waals surface area contributed by atoms with Crippen LogP contribution in [0.4, 0.5) is 14.5 Å². The van der Waals surface area contributed by atoms with Crippen LogP contribution >= 0.6 is 12.6 Å². The molecule has 0 bridgehead atoms. The Kier molecular flexibility index (Phi) is 6.95. The topological polar surface area (TPSA) is 60.4 Å². The van der Waals surface area contributed by atoms with Crippen molar-refractivity contribution in [2.45, 2.75) is 26.3 Å². The van der Waals surface area contributed by atoms with Crippen LogP contribution in [0.1, 0.15) is 43.0 Å². The van der Waals surface area contributed by atoms with Crippen LogP contribution < -0.4 is 11.3 Å². The maximum Gasteiger partial charge on any atom is 0.250 e. The fourth-order valence-corrected chi connectivity index (χ4v) is 3.60. The van der Waals surface area contributed by atoms with E-state index in [4.69, 9.17) is 10.7 Å². The summed E-state index contributed by atoms with van der Waals surface area (Å²) in [5.41, 5.74) is 9.78. The van der Waals surface area contributed by atoms with Gasteiger partial charge < -0.3 is 10.3 Å². The number of benzene rings is 2. The third-order valence-corrected chi connectivity index (χ3v) is 5.09. The molecular weight excluding hydrogens is 416 g/mol. The summed E-state index contributed by atoms with van der Waals surface area (Å²) in [5, 5.41) is 0. The fourth-order valence-electron chi connectivity index (χ4n) is 3.60. The number of aliphatic imine (C=N–C) groups is 1. The number of rotatable bonds is 2. The zero-order chi connectivity index (χ0) is 22.7. The van der Waals surface area contributed by atoms with Crippen LogP contribution in [0.15, 0.2) is 58.4 Å². The number of nitrogen functional groups attached to an aromatic ring is 1. The first kappa shape index (κ1) is 22.7. The van der Waals surface area contributed by atoms with E-state index in [9.17, 15) is 13.6 Å². The zero-order valence-electron chi connectivity index (χ0n) is 17.7. The van der Waals surface area contributed by atoms with Crippen LogP contribution in [0.25, 0.3) is 11.1 Å². The van der Waals surface area contributed by atoms with E-state index in [-0.39, 0.29) is 23.1 Å². The van der Waals surface area contributed by atoms with E-state index in [2.05, 4.69) is 12.6 Å². The van der Waals surface area contributed by atoms with Crippen LogP contribution in [0, 0.1) is 11.6 Å². The Morgan fingerprint density at radius 3 is 2.32 bits per heavy atom. The van der Waals surface area contributed by atoms with Gasteiger partial charge in [0, 0.05) is 36.0 Å². The molecule has 2 N–H and O–H groups in total. The largest absolute Gasteiger partial charge is 0.396 e. The van der Waals surface area contributed by atoms with Gasteiger partial charge in [-0.25, -0.2) is 8.78 Å². The normalized spacial score (nSPS) is 14.5. The summed E-state index contributed by atoms with van der Waals surface area (Å²) >= 11 is 3.79. The molecule has 2 heterocycles. The molecule has 0 radical (unpaired) electrons. The number of hydrogen-bond donors (Lipinski definition) is 2. The second-order valence-corrected chi connectivity index (χ2v) is 7.87. The van der Waals surface area contributed by atoms with Gasteiger partial charge in [-0.3, -0.25) is 9.79 Å². The Labute approximate surface area is 185 Å². The van der Waals surface area contributed by atoms with Crippen LogP contribution in [-0.2, 0) is 7.05 Å². The number of aryl methyl sites for hydroxylation is 1. The molecule has 4 rings (SSSR count). The summed E-state index contributed by atoms with van der Waals surface area (Å²) in [4.78, 5) is 17.1. The van der Waals surface area contributed by atoms with Crippen molar-refractivity contribution in [3.63, 3.8) is 0 Å². The third kappa shape index (κ3) is 4.56. The maximum absolute atomic E-state index is 14.4. The smallest absolute Gasteiger partial charge is 0.250 e. The zero-order valence-corrected chi connectivity index (χ0v) is 18.6. The number of halogens is 2. The third-order valence-electron chi connectivity index (χ3n) is 5.09. The van der Waals surface area contributed by atoms with E-state index in [1.807, 2.05) is 13.8 Å². The predicted molar refractivity (Wildman–Crippen MR) is 126 cm³/mol. The SMILES string of the molecule is CCS.CC[C@@H]1N=C(c2ccc(F)cc2)c2cc(F)c(N)cc2-c2cn(C)c(=O)cc21. The Morgan fingerprint density at radius 2 is 1.71 bits per heavy atom. The first-order chi connectivity index (χ1) is 14.8. The van der Waals surface area contributed by atoms with E-state index in [1.165, 1.54) is 22.8 Å². The van der Waals surface area contributed by atoms with Crippen molar-refractivity contribution in [1.82, 2.24) is 4.57 Å². The summed E-state index contributed by atoms with van der Waals surface area (Å²) in [6, 6.07) is 10.1. The van der Waals surface area contributed by atoms with Crippen molar-refractivity contribution in [2.24, 2.45) is 12.0 Å². The first-order valence-electron chi connectivity index (χ1n) is 10.1. The van der Waals surface area contributed by atoms with Gasteiger partial charge in [-0.1, -0.05) is 13.8 Å². The lowest BCUT2D eigenvalue weighted by Crippen LogP contribution is -2.17. The van der Waals surface area contributed by atoms with Gasteiger partial charge in [-0.05, 0) is 59.7 Å². The van der Waals surface area contributed by atoms with Gasteiger partial charge >= 0.3 is 0 Å². The highest BCUT2D eigenvalue weighted by atomic mass is 32.1. The quantitative estimate of drug-likeness (QED) is 0.427. The van der Waals surface area contributed by atoms with E-state index in [0.29, 0.717) is 28.8 Å². The minimum absolute atomic E-state index is 0.0203. The van der Waals surface area contributed by atoms with Crippen LogP contribution in [-0.4, -0.2) is 16.0 Å². The molecule has 0 aliphatic carbocycles. The lowest BCUT2D eigenvalue weighted by atomic mass is 9.91. The van der Waals surface area contributed by atoms with Gasteiger partial charge in [0.2, 0.25) is 0 Å².